The maximum atomic E-state index is 10.5. The highest BCUT2D eigenvalue weighted by atomic mass is 127. The molecule has 0 saturated heterocycles. The Labute approximate surface area is 192 Å². The molecule has 0 aliphatic rings. The fourth-order valence-electron chi connectivity index (χ4n) is 2.89. The van der Waals surface area contributed by atoms with Gasteiger partial charge in [-0.15, -0.1) is 24.0 Å². The number of aliphatic hydroxyl groups is 1. The third-order valence-electron chi connectivity index (χ3n) is 4.59. The molecule has 0 radical (unpaired) electrons. The highest BCUT2D eigenvalue weighted by molar-refractivity contribution is 14.0. The predicted molar refractivity (Wildman–Crippen MR) is 131 cm³/mol. The van der Waals surface area contributed by atoms with Crippen LogP contribution in [-0.2, 0) is 12.0 Å². The maximum absolute atomic E-state index is 10.5. The lowest BCUT2D eigenvalue weighted by Crippen LogP contribution is -2.39. The van der Waals surface area contributed by atoms with Gasteiger partial charge in [-0.2, -0.15) is 5.10 Å². The zero-order valence-electron chi connectivity index (χ0n) is 18.2. The summed E-state index contributed by atoms with van der Waals surface area (Å²) in [5.41, 5.74) is 2.28. The molecule has 0 aliphatic heterocycles. The fourth-order valence-corrected chi connectivity index (χ4v) is 2.89. The van der Waals surface area contributed by atoms with E-state index in [1.807, 2.05) is 36.0 Å². The van der Waals surface area contributed by atoms with E-state index in [1.165, 1.54) is 5.56 Å². The summed E-state index contributed by atoms with van der Waals surface area (Å²) < 4.78 is 1.92. The number of aliphatic imine (C=N–C) groups is 1. The Morgan fingerprint density at radius 3 is 2.45 bits per heavy atom. The van der Waals surface area contributed by atoms with Crippen LogP contribution in [0.3, 0.4) is 0 Å². The van der Waals surface area contributed by atoms with Gasteiger partial charge in [0.05, 0.1) is 6.10 Å². The summed E-state index contributed by atoms with van der Waals surface area (Å²) in [6.45, 7) is 13.5. The zero-order valence-corrected chi connectivity index (χ0v) is 20.6. The van der Waals surface area contributed by atoms with Crippen LogP contribution in [0.2, 0.25) is 0 Å². The molecule has 1 aromatic carbocycles. The molecule has 2 unspecified atom stereocenters. The highest BCUT2D eigenvalue weighted by Gasteiger charge is 2.15. The second kappa shape index (κ2) is 12.2. The van der Waals surface area contributed by atoms with Gasteiger partial charge in [0.2, 0.25) is 0 Å². The molecule has 7 heteroatoms. The summed E-state index contributed by atoms with van der Waals surface area (Å²) in [6.07, 6.45) is 3.17. The van der Waals surface area contributed by atoms with Crippen molar-refractivity contribution in [3.8, 4) is 0 Å². The van der Waals surface area contributed by atoms with Crippen molar-refractivity contribution < 1.29 is 5.11 Å². The molecule has 6 nitrogen and oxygen atoms in total. The molecule has 3 N–H and O–H groups in total. The third kappa shape index (κ3) is 8.74. The number of guanidine groups is 1. The normalized spacial score (nSPS) is 14.1. The summed E-state index contributed by atoms with van der Waals surface area (Å²) in [6, 6.07) is 10.1. The molecule has 2 aromatic rings. The number of nitrogens with zero attached hydrogens (tertiary/aromatic N) is 3. The van der Waals surface area contributed by atoms with Gasteiger partial charge in [0.15, 0.2) is 5.96 Å². The van der Waals surface area contributed by atoms with E-state index < -0.39 is 6.10 Å². The molecule has 1 heterocycles. The van der Waals surface area contributed by atoms with E-state index in [0.29, 0.717) is 19.0 Å². The lowest BCUT2D eigenvalue weighted by Gasteiger charge is -2.20. The van der Waals surface area contributed by atoms with E-state index in [9.17, 15) is 5.11 Å². The van der Waals surface area contributed by atoms with E-state index in [2.05, 4.69) is 60.6 Å². The molecule has 0 saturated carbocycles. The molecule has 0 fully saturated rings. The second-order valence-electron chi connectivity index (χ2n) is 8.32. The minimum atomic E-state index is -0.584. The number of aromatic nitrogens is 2. The average molecular weight is 513 g/mol. The SMILES string of the molecule is CCNC(=NCC(C)Cn1cccn1)NCC(O)c1ccc(C(C)(C)C)cc1.I. The number of hydrogen-bond donors (Lipinski definition) is 3. The van der Waals surface area contributed by atoms with E-state index in [0.717, 1.165) is 24.6 Å². The van der Waals surface area contributed by atoms with Crippen molar-refractivity contribution in [1.82, 2.24) is 20.4 Å². The molecule has 2 atom stereocenters. The smallest absolute Gasteiger partial charge is 0.191 e. The molecule has 0 amide bonds. The number of benzene rings is 1. The van der Waals surface area contributed by atoms with Crippen molar-refractivity contribution in [3.63, 3.8) is 0 Å². The molecular formula is C22H36IN5O. The molecule has 1 aromatic heterocycles. The van der Waals surface area contributed by atoms with Crippen LogP contribution in [0.15, 0.2) is 47.7 Å². The van der Waals surface area contributed by atoms with Gasteiger partial charge in [-0.3, -0.25) is 9.67 Å². The third-order valence-corrected chi connectivity index (χ3v) is 4.59. The van der Waals surface area contributed by atoms with Crippen molar-refractivity contribution in [3.05, 3.63) is 53.9 Å². The molecule has 0 aliphatic carbocycles. The van der Waals surface area contributed by atoms with E-state index in [1.54, 1.807) is 6.20 Å². The summed E-state index contributed by atoms with van der Waals surface area (Å²) >= 11 is 0. The van der Waals surface area contributed by atoms with Crippen LogP contribution in [0, 0.1) is 5.92 Å². The quantitative estimate of drug-likeness (QED) is 0.286. The van der Waals surface area contributed by atoms with Crippen molar-refractivity contribution >= 4 is 29.9 Å². The van der Waals surface area contributed by atoms with Gasteiger partial charge >= 0.3 is 0 Å². The minimum absolute atomic E-state index is 0. The van der Waals surface area contributed by atoms with Crippen LogP contribution in [0.5, 0.6) is 0 Å². The van der Waals surface area contributed by atoms with Crippen molar-refractivity contribution in [2.75, 3.05) is 19.6 Å². The van der Waals surface area contributed by atoms with Crippen LogP contribution in [-0.4, -0.2) is 40.5 Å². The second-order valence-corrected chi connectivity index (χ2v) is 8.32. The molecule has 162 valence electrons. The number of hydrogen-bond acceptors (Lipinski definition) is 3. The van der Waals surface area contributed by atoms with Crippen LogP contribution < -0.4 is 10.6 Å². The van der Waals surface area contributed by atoms with Crippen LogP contribution >= 0.6 is 24.0 Å². The van der Waals surface area contributed by atoms with Crippen molar-refractivity contribution in [2.24, 2.45) is 10.9 Å². The van der Waals surface area contributed by atoms with Crippen LogP contribution in [0.25, 0.3) is 0 Å². The van der Waals surface area contributed by atoms with Crippen molar-refractivity contribution in [1.29, 1.82) is 0 Å². The molecular weight excluding hydrogens is 477 g/mol. The number of nitrogens with one attached hydrogen (secondary N) is 2. The predicted octanol–water partition coefficient (Wildman–Crippen LogP) is 3.72. The van der Waals surface area contributed by atoms with E-state index >= 15 is 0 Å². The van der Waals surface area contributed by atoms with Crippen LogP contribution in [0.1, 0.15) is 51.8 Å². The lowest BCUT2D eigenvalue weighted by molar-refractivity contribution is 0.181. The summed E-state index contributed by atoms with van der Waals surface area (Å²) in [4.78, 5) is 4.65. The van der Waals surface area contributed by atoms with Crippen LogP contribution in [0.4, 0.5) is 0 Å². The van der Waals surface area contributed by atoms with Gasteiger partial charge in [-0.25, -0.2) is 0 Å². The Balaban J connectivity index is 0.00000420. The van der Waals surface area contributed by atoms with Gasteiger partial charge in [0, 0.05) is 38.6 Å². The molecule has 0 bridgehead atoms. The summed E-state index contributed by atoms with van der Waals surface area (Å²) in [5, 5.41) is 21.2. The molecule has 2 rings (SSSR count). The largest absolute Gasteiger partial charge is 0.387 e. The first kappa shape index (κ1) is 25.4. The first-order chi connectivity index (χ1) is 13.3. The Bertz CT molecular complexity index is 723. The summed E-state index contributed by atoms with van der Waals surface area (Å²) in [5.74, 6) is 1.09. The van der Waals surface area contributed by atoms with Gasteiger partial charge in [-0.1, -0.05) is 52.0 Å². The zero-order chi connectivity index (χ0) is 20.6. The minimum Gasteiger partial charge on any atom is -0.387 e. The number of rotatable bonds is 8. The first-order valence-corrected chi connectivity index (χ1v) is 10.1. The maximum Gasteiger partial charge on any atom is 0.191 e. The topological polar surface area (TPSA) is 74.5 Å². The number of halogens is 1. The number of aliphatic hydroxyl groups excluding tert-OH is 1. The Hall–Kier alpha value is -1.61. The molecule has 0 spiro atoms. The fraction of sp³-hybridized carbons (Fsp3) is 0.545. The first-order valence-electron chi connectivity index (χ1n) is 10.1. The average Bonchev–Trinajstić information content (AvgIpc) is 3.16. The Morgan fingerprint density at radius 2 is 1.90 bits per heavy atom. The Kier molecular flexibility index (Phi) is 10.7. The van der Waals surface area contributed by atoms with Gasteiger partial charge < -0.3 is 15.7 Å². The standard InChI is InChI=1S/C22H35N5O.HI/c1-6-23-21(24-14-17(2)16-27-13-7-12-26-27)25-15-20(28)18-8-10-19(11-9-18)22(3,4)5;/h7-13,17,20,28H,6,14-16H2,1-5H3,(H2,23,24,25);1H. The van der Waals surface area contributed by atoms with Crippen molar-refractivity contribution in [2.45, 2.75) is 52.7 Å². The highest BCUT2D eigenvalue weighted by Crippen LogP contribution is 2.23. The monoisotopic (exact) mass is 513 g/mol. The van der Waals surface area contributed by atoms with Gasteiger partial charge in [-0.05, 0) is 35.4 Å². The van der Waals surface area contributed by atoms with E-state index in [-0.39, 0.29) is 29.4 Å². The summed E-state index contributed by atoms with van der Waals surface area (Å²) in [7, 11) is 0. The lowest BCUT2D eigenvalue weighted by atomic mass is 9.86. The van der Waals surface area contributed by atoms with Gasteiger partial charge in [0.25, 0.3) is 0 Å². The van der Waals surface area contributed by atoms with Gasteiger partial charge in [0.1, 0.15) is 0 Å². The molecule has 29 heavy (non-hydrogen) atoms. The van der Waals surface area contributed by atoms with E-state index in [4.69, 9.17) is 0 Å². The Morgan fingerprint density at radius 1 is 1.21 bits per heavy atom.